The molecule has 3 heteroatoms. The van der Waals surface area contributed by atoms with Crippen molar-refractivity contribution in [2.45, 2.75) is 58.2 Å². The molecule has 16 heavy (non-hydrogen) atoms. The fourth-order valence-electron chi connectivity index (χ4n) is 2.91. The van der Waals surface area contributed by atoms with Gasteiger partial charge in [0, 0.05) is 37.3 Å². The van der Waals surface area contributed by atoms with E-state index < -0.39 is 0 Å². The van der Waals surface area contributed by atoms with Crippen molar-refractivity contribution in [2.75, 3.05) is 26.7 Å². The van der Waals surface area contributed by atoms with Crippen molar-refractivity contribution in [1.82, 2.24) is 9.80 Å². The molecule has 0 radical (unpaired) electrons. The predicted octanol–water partition coefficient (Wildman–Crippen LogP) is 1.53. The summed E-state index contributed by atoms with van der Waals surface area (Å²) in [5.74, 6) is 0. The van der Waals surface area contributed by atoms with Crippen LogP contribution in [0, 0.1) is 0 Å². The van der Waals surface area contributed by atoms with Crippen LogP contribution in [0.25, 0.3) is 0 Å². The van der Waals surface area contributed by atoms with E-state index in [0.29, 0.717) is 12.1 Å². The molecule has 0 spiro atoms. The van der Waals surface area contributed by atoms with E-state index in [0.717, 1.165) is 32.5 Å². The fraction of sp³-hybridized carbons (Fsp3) is 1.00. The molecule has 3 nitrogen and oxygen atoms in total. The second-order valence-corrected chi connectivity index (χ2v) is 5.40. The highest BCUT2D eigenvalue weighted by atomic mass is 15.3. The molecule has 1 aliphatic heterocycles. The van der Waals surface area contributed by atoms with E-state index in [1.54, 1.807) is 0 Å². The minimum absolute atomic E-state index is 0.226. The number of hydrogen-bond donors (Lipinski definition) is 1. The highest BCUT2D eigenvalue weighted by molar-refractivity contribution is 4.95. The lowest BCUT2D eigenvalue weighted by Gasteiger charge is -2.51. The Morgan fingerprint density at radius 1 is 1.12 bits per heavy atom. The van der Waals surface area contributed by atoms with Crippen molar-refractivity contribution >= 4 is 0 Å². The monoisotopic (exact) mass is 227 g/mol. The van der Waals surface area contributed by atoms with E-state index in [-0.39, 0.29) is 5.54 Å². The molecule has 0 amide bonds. The fourth-order valence-corrected chi connectivity index (χ4v) is 2.91. The van der Waals surface area contributed by atoms with E-state index in [2.05, 4.69) is 44.5 Å². The molecule has 2 unspecified atom stereocenters. The molecule has 0 saturated carbocycles. The summed E-state index contributed by atoms with van der Waals surface area (Å²) in [7, 11) is 2.23. The van der Waals surface area contributed by atoms with E-state index in [4.69, 9.17) is 5.73 Å². The van der Waals surface area contributed by atoms with E-state index in [1.807, 2.05) is 0 Å². The van der Waals surface area contributed by atoms with Gasteiger partial charge in [-0.05, 0) is 33.7 Å². The molecule has 1 rings (SSSR count). The summed E-state index contributed by atoms with van der Waals surface area (Å²) in [5.41, 5.74) is 6.26. The first-order chi connectivity index (χ1) is 7.50. The second-order valence-electron chi connectivity index (χ2n) is 5.40. The SMILES string of the molecule is CCC(CC)(CN)N1CC(C)N(C)C(C)C1. The van der Waals surface area contributed by atoms with Crippen LogP contribution in [0.5, 0.6) is 0 Å². The number of nitrogens with zero attached hydrogens (tertiary/aromatic N) is 2. The van der Waals surface area contributed by atoms with Crippen LogP contribution in [0.2, 0.25) is 0 Å². The van der Waals surface area contributed by atoms with Crippen LogP contribution in [0.4, 0.5) is 0 Å². The zero-order valence-electron chi connectivity index (χ0n) is 11.7. The molecule has 0 aromatic rings. The molecule has 2 atom stereocenters. The number of hydrogen-bond acceptors (Lipinski definition) is 3. The summed E-state index contributed by atoms with van der Waals surface area (Å²) in [5, 5.41) is 0. The van der Waals surface area contributed by atoms with Gasteiger partial charge in [-0.1, -0.05) is 13.8 Å². The lowest BCUT2D eigenvalue weighted by atomic mass is 9.88. The predicted molar refractivity (Wildman–Crippen MR) is 70.6 cm³/mol. The zero-order chi connectivity index (χ0) is 12.3. The Labute approximate surface area is 101 Å². The maximum Gasteiger partial charge on any atom is 0.0327 e. The summed E-state index contributed by atoms with van der Waals surface area (Å²) >= 11 is 0. The van der Waals surface area contributed by atoms with Gasteiger partial charge in [0.25, 0.3) is 0 Å². The van der Waals surface area contributed by atoms with Crippen molar-refractivity contribution in [2.24, 2.45) is 5.73 Å². The molecular weight excluding hydrogens is 198 g/mol. The normalized spacial score (nSPS) is 29.6. The minimum Gasteiger partial charge on any atom is -0.329 e. The minimum atomic E-state index is 0.226. The quantitative estimate of drug-likeness (QED) is 0.790. The van der Waals surface area contributed by atoms with Gasteiger partial charge in [-0.3, -0.25) is 9.80 Å². The van der Waals surface area contributed by atoms with E-state index in [1.165, 1.54) is 0 Å². The van der Waals surface area contributed by atoms with Crippen LogP contribution in [-0.4, -0.2) is 54.1 Å². The van der Waals surface area contributed by atoms with Gasteiger partial charge in [0.2, 0.25) is 0 Å². The summed E-state index contributed by atoms with van der Waals surface area (Å²) in [6.07, 6.45) is 2.31. The van der Waals surface area contributed by atoms with Gasteiger partial charge in [0.1, 0.15) is 0 Å². The lowest BCUT2D eigenvalue weighted by molar-refractivity contribution is -0.0135. The molecule has 0 aromatic carbocycles. The molecular formula is C13H29N3. The van der Waals surface area contributed by atoms with Crippen molar-refractivity contribution in [1.29, 1.82) is 0 Å². The smallest absolute Gasteiger partial charge is 0.0327 e. The van der Waals surface area contributed by atoms with Crippen LogP contribution >= 0.6 is 0 Å². The topological polar surface area (TPSA) is 32.5 Å². The standard InChI is InChI=1S/C13H29N3/c1-6-13(7-2,10-14)16-8-11(3)15(5)12(4)9-16/h11-12H,6-10,14H2,1-5H3. The Morgan fingerprint density at radius 3 is 1.88 bits per heavy atom. The first-order valence-corrected chi connectivity index (χ1v) is 6.67. The molecule has 1 aliphatic rings. The second kappa shape index (κ2) is 5.48. The Balaban J connectivity index is 2.80. The summed E-state index contributed by atoms with van der Waals surface area (Å²) in [6.45, 7) is 12.3. The van der Waals surface area contributed by atoms with E-state index in [9.17, 15) is 0 Å². The average molecular weight is 227 g/mol. The van der Waals surface area contributed by atoms with Crippen molar-refractivity contribution in [3.8, 4) is 0 Å². The summed E-state index contributed by atoms with van der Waals surface area (Å²) < 4.78 is 0. The van der Waals surface area contributed by atoms with Crippen LogP contribution in [-0.2, 0) is 0 Å². The first-order valence-electron chi connectivity index (χ1n) is 6.67. The summed E-state index contributed by atoms with van der Waals surface area (Å²) in [6, 6.07) is 1.26. The maximum atomic E-state index is 6.03. The number of nitrogens with two attached hydrogens (primary N) is 1. The number of likely N-dealkylation sites (N-methyl/N-ethyl adjacent to an activating group) is 1. The third-order valence-corrected chi connectivity index (χ3v) is 4.73. The van der Waals surface area contributed by atoms with Crippen molar-refractivity contribution in [3.63, 3.8) is 0 Å². The van der Waals surface area contributed by atoms with Crippen molar-refractivity contribution < 1.29 is 0 Å². The Morgan fingerprint density at radius 2 is 1.56 bits per heavy atom. The maximum absolute atomic E-state index is 6.03. The van der Waals surface area contributed by atoms with Crippen LogP contribution in [0.3, 0.4) is 0 Å². The molecule has 0 bridgehead atoms. The van der Waals surface area contributed by atoms with Gasteiger partial charge in [-0.25, -0.2) is 0 Å². The van der Waals surface area contributed by atoms with Crippen LogP contribution in [0.1, 0.15) is 40.5 Å². The molecule has 0 aliphatic carbocycles. The highest BCUT2D eigenvalue weighted by Crippen LogP contribution is 2.27. The summed E-state index contributed by atoms with van der Waals surface area (Å²) in [4.78, 5) is 5.10. The molecule has 1 fully saturated rings. The average Bonchev–Trinajstić information content (AvgIpc) is 2.29. The number of piperazine rings is 1. The van der Waals surface area contributed by atoms with Gasteiger partial charge in [0.05, 0.1) is 0 Å². The largest absolute Gasteiger partial charge is 0.329 e. The van der Waals surface area contributed by atoms with Gasteiger partial charge >= 0.3 is 0 Å². The Bertz CT molecular complexity index is 193. The van der Waals surface area contributed by atoms with Crippen molar-refractivity contribution in [3.05, 3.63) is 0 Å². The molecule has 96 valence electrons. The van der Waals surface area contributed by atoms with Crippen LogP contribution < -0.4 is 5.73 Å². The molecule has 1 saturated heterocycles. The molecule has 1 heterocycles. The Kier molecular flexibility index (Phi) is 4.77. The van der Waals surface area contributed by atoms with Gasteiger partial charge in [0.15, 0.2) is 0 Å². The van der Waals surface area contributed by atoms with Gasteiger partial charge in [-0.2, -0.15) is 0 Å². The van der Waals surface area contributed by atoms with Gasteiger partial charge < -0.3 is 5.73 Å². The van der Waals surface area contributed by atoms with E-state index >= 15 is 0 Å². The zero-order valence-corrected chi connectivity index (χ0v) is 11.7. The highest BCUT2D eigenvalue weighted by Gasteiger charge is 2.37. The third-order valence-electron chi connectivity index (χ3n) is 4.73. The van der Waals surface area contributed by atoms with Crippen LogP contribution in [0.15, 0.2) is 0 Å². The first kappa shape index (κ1) is 13.9. The molecule has 0 aromatic heterocycles. The Hall–Kier alpha value is -0.120. The van der Waals surface area contributed by atoms with Gasteiger partial charge in [-0.15, -0.1) is 0 Å². The molecule has 2 N–H and O–H groups in total. The number of rotatable bonds is 4. The lowest BCUT2D eigenvalue weighted by Crippen LogP contribution is -2.64. The third kappa shape index (κ3) is 2.41.